The summed E-state index contributed by atoms with van der Waals surface area (Å²) in [5.41, 5.74) is 5.82. The van der Waals surface area contributed by atoms with Gasteiger partial charge in [-0.1, -0.05) is 75.4 Å². The van der Waals surface area contributed by atoms with E-state index in [2.05, 4.69) is 76.2 Å². The molecule has 0 saturated carbocycles. The Morgan fingerprint density at radius 3 is 1.83 bits per heavy atom. The third-order valence-corrected chi connectivity index (χ3v) is 10.6. The Balaban J connectivity index is 1.45. The zero-order valence-corrected chi connectivity index (χ0v) is 23.7. The summed E-state index contributed by atoms with van der Waals surface area (Å²) >= 11 is 5.80. The van der Waals surface area contributed by atoms with Gasteiger partial charge in [-0.3, -0.25) is 9.80 Å². The van der Waals surface area contributed by atoms with Crippen molar-refractivity contribution in [2.45, 2.75) is 19.5 Å². The van der Waals surface area contributed by atoms with Gasteiger partial charge in [-0.2, -0.15) is 0 Å². The van der Waals surface area contributed by atoms with E-state index in [1.807, 2.05) is 0 Å². The monoisotopic (exact) mass is 540 g/mol. The van der Waals surface area contributed by atoms with Crippen LogP contribution in [0.2, 0.25) is 0 Å². The number of hydrogen-bond donors (Lipinski definition) is 1. The van der Waals surface area contributed by atoms with E-state index in [9.17, 15) is 5.11 Å². The molecule has 1 aromatic heterocycles. The SMILES string of the molecule is CN1CCN(Cc2cc(Cc3c(-c4ccccc4)ssc3=S)cc(CN3CCN(C)CC3)c2O)CC1. The predicted molar refractivity (Wildman–Crippen MR) is 155 cm³/mol. The van der Waals surface area contributed by atoms with Crippen LogP contribution in [0.1, 0.15) is 22.3 Å². The number of phenolic OH excluding ortho intramolecular Hbond substituents is 1. The van der Waals surface area contributed by atoms with Crippen LogP contribution in [0.5, 0.6) is 5.75 Å². The van der Waals surface area contributed by atoms with Gasteiger partial charge in [0.1, 0.15) is 9.57 Å². The van der Waals surface area contributed by atoms with Gasteiger partial charge in [-0.05, 0) is 25.2 Å². The van der Waals surface area contributed by atoms with Crippen LogP contribution < -0.4 is 0 Å². The zero-order valence-electron chi connectivity index (χ0n) is 21.3. The van der Waals surface area contributed by atoms with Crippen molar-refractivity contribution in [2.75, 3.05) is 66.5 Å². The van der Waals surface area contributed by atoms with Crippen LogP contribution in [0.4, 0.5) is 0 Å². The van der Waals surface area contributed by atoms with Crippen molar-refractivity contribution in [1.29, 1.82) is 0 Å². The molecule has 5 nitrogen and oxygen atoms in total. The summed E-state index contributed by atoms with van der Waals surface area (Å²) in [5.74, 6) is 0.478. The van der Waals surface area contributed by atoms with Gasteiger partial charge in [0.15, 0.2) is 0 Å². The largest absolute Gasteiger partial charge is 0.507 e. The van der Waals surface area contributed by atoms with E-state index in [0.717, 1.165) is 86.8 Å². The maximum atomic E-state index is 11.4. The number of nitrogens with zero attached hydrogens (tertiary/aromatic N) is 4. The molecule has 1 N–H and O–H groups in total. The number of hydrogen-bond acceptors (Lipinski definition) is 8. The number of phenols is 1. The topological polar surface area (TPSA) is 33.2 Å². The molecule has 3 heterocycles. The summed E-state index contributed by atoms with van der Waals surface area (Å²) in [6.45, 7) is 10.0. The van der Waals surface area contributed by atoms with E-state index in [-0.39, 0.29) is 0 Å². The number of benzene rings is 2. The average Bonchev–Trinajstić information content (AvgIpc) is 3.25. The van der Waals surface area contributed by atoms with Crippen molar-refractivity contribution in [2.24, 2.45) is 0 Å². The fourth-order valence-electron chi connectivity index (χ4n) is 5.11. The molecule has 2 fully saturated rings. The highest BCUT2D eigenvalue weighted by molar-refractivity contribution is 7.80. The first-order chi connectivity index (χ1) is 17.5. The molecular formula is C28H36N4OS3. The van der Waals surface area contributed by atoms with Gasteiger partial charge >= 0.3 is 0 Å². The Morgan fingerprint density at radius 2 is 1.31 bits per heavy atom. The molecule has 0 atom stereocenters. The van der Waals surface area contributed by atoms with E-state index < -0.39 is 0 Å². The highest BCUT2D eigenvalue weighted by Gasteiger charge is 2.21. The Morgan fingerprint density at radius 1 is 0.778 bits per heavy atom. The zero-order chi connectivity index (χ0) is 25.1. The van der Waals surface area contributed by atoms with E-state index >= 15 is 0 Å². The lowest BCUT2D eigenvalue weighted by atomic mass is 9.97. The van der Waals surface area contributed by atoms with Crippen LogP contribution in [0.25, 0.3) is 10.4 Å². The molecule has 0 radical (unpaired) electrons. The number of aromatic hydroxyl groups is 1. The van der Waals surface area contributed by atoms with E-state index in [4.69, 9.17) is 12.2 Å². The fraction of sp³-hybridized carbons (Fsp3) is 0.464. The predicted octanol–water partition coefficient (Wildman–Crippen LogP) is 5.00. The Hall–Kier alpha value is -1.65. The van der Waals surface area contributed by atoms with Crippen LogP contribution in [0.3, 0.4) is 0 Å². The molecule has 5 rings (SSSR count). The summed E-state index contributed by atoms with van der Waals surface area (Å²) in [4.78, 5) is 11.0. The highest BCUT2D eigenvalue weighted by Crippen LogP contribution is 2.37. The molecule has 0 amide bonds. The van der Waals surface area contributed by atoms with Crippen LogP contribution in [-0.2, 0) is 19.5 Å². The normalized spacial score (nSPS) is 18.6. The second-order valence-corrected chi connectivity index (χ2v) is 13.0. The number of likely N-dealkylation sites (N-methyl/N-ethyl adjacent to an activating group) is 2. The molecular weight excluding hydrogens is 505 g/mol. The molecule has 36 heavy (non-hydrogen) atoms. The lowest BCUT2D eigenvalue weighted by Gasteiger charge is -2.34. The van der Waals surface area contributed by atoms with Crippen molar-refractivity contribution in [3.63, 3.8) is 0 Å². The van der Waals surface area contributed by atoms with Crippen LogP contribution in [-0.4, -0.2) is 91.2 Å². The Bertz CT molecular complexity index is 1160. The van der Waals surface area contributed by atoms with Gasteiger partial charge in [-0.25, -0.2) is 0 Å². The van der Waals surface area contributed by atoms with Crippen molar-refractivity contribution < 1.29 is 5.11 Å². The van der Waals surface area contributed by atoms with E-state index in [1.165, 1.54) is 21.6 Å². The van der Waals surface area contributed by atoms with Gasteiger partial charge in [0.05, 0.1) is 4.88 Å². The second kappa shape index (κ2) is 11.8. The standard InChI is InChI=1S/C28H36N4OS3/c1-29-8-12-31(13-9-29)19-23-16-21(17-24(26(23)33)20-32-14-10-30(2)11-15-32)18-25-27(35-36-28(25)34)22-6-4-3-5-7-22/h3-7,16-17,33H,8-15,18-20H2,1-2H3. The highest BCUT2D eigenvalue weighted by atomic mass is 32.9. The lowest BCUT2D eigenvalue weighted by molar-refractivity contribution is 0.144. The smallest absolute Gasteiger partial charge is 0.124 e. The molecule has 2 saturated heterocycles. The summed E-state index contributed by atoms with van der Waals surface area (Å²) < 4.78 is 0.980. The van der Waals surface area contributed by atoms with Crippen LogP contribution >= 0.6 is 32.9 Å². The van der Waals surface area contributed by atoms with E-state index in [1.54, 1.807) is 20.7 Å². The Kier molecular flexibility index (Phi) is 8.53. The molecule has 2 aromatic carbocycles. The summed E-state index contributed by atoms with van der Waals surface area (Å²) in [6, 6.07) is 15.0. The van der Waals surface area contributed by atoms with Gasteiger partial charge in [0.2, 0.25) is 0 Å². The maximum absolute atomic E-state index is 11.4. The molecule has 192 valence electrons. The summed E-state index contributed by atoms with van der Waals surface area (Å²) in [5, 5.41) is 11.4. The number of piperazine rings is 2. The molecule has 2 aliphatic rings. The second-order valence-electron chi connectivity index (χ2n) is 10.2. The summed E-state index contributed by atoms with van der Waals surface area (Å²) in [6.07, 6.45) is 0.800. The third kappa shape index (κ3) is 6.25. The maximum Gasteiger partial charge on any atom is 0.124 e. The minimum Gasteiger partial charge on any atom is -0.507 e. The van der Waals surface area contributed by atoms with Crippen LogP contribution in [0.15, 0.2) is 42.5 Å². The Labute approximate surface area is 227 Å². The number of rotatable bonds is 7. The van der Waals surface area contributed by atoms with Crippen molar-refractivity contribution in [3.05, 3.63) is 68.5 Å². The minimum absolute atomic E-state index is 0.478. The molecule has 2 aliphatic heterocycles. The third-order valence-electron chi connectivity index (χ3n) is 7.45. The first-order valence-electron chi connectivity index (χ1n) is 12.8. The summed E-state index contributed by atoms with van der Waals surface area (Å²) in [7, 11) is 7.84. The van der Waals surface area contributed by atoms with Gasteiger partial charge in [0, 0.05) is 88.6 Å². The molecule has 3 aromatic rings. The molecule has 0 spiro atoms. The van der Waals surface area contributed by atoms with Crippen molar-refractivity contribution in [1.82, 2.24) is 19.6 Å². The van der Waals surface area contributed by atoms with Gasteiger partial charge in [0.25, 0.3) is 0 Å². The molecule has 8 heteroatoms. The van der Waals surface area contributed by atoms with Gasteiger partial charge < -0.3 is 14.9 Å². The first-order valence-corrected chi connectivity index (χ1v) is 15.3. The average molecular weight is 541 g/mol. The minimum atomic E-state index is 0.478. The van der Waals surface area contributed by atoms with Crippen molar-refractivity contribution in [3.8, 4) is 16.2 Å². The quantitative estimate of drug-likeness (QED) is 0.336. The molecule has 0 unspecified atom stereocenters. The van der Waals surface area contributed by atoms with E-state index in [0.29, 0.717) is 5.75 Å². The van der Waals surface area contributed by atoms with Crippen LogP contribution in [0, 0.1) is 3.82 Å². The fourth-order valence-corrected chi connectivity index (χ4v) is 8.03. The van der Waals surface area contributed by atoms with Crippen molar-refractivity contribution >= 4 is 32.9 Å². The first kappa shape index (κ1) is 26.0. The molecule has 0 aliphatic carbocycles. The lowest BCUT2D eigenvalue weighted by Crippen LogP contribution is -2.44. The van der Waals surface area contributed by atoms with Gasteiger partial charge in [-0.15, -0.1) is 0 Å². The molecule has 0 bridgehead atoms.